The first-order valence-corrected chi connectivity index (χ1v) is 14.5. The molecular formula is C29H49N5O4. The van der Waals surface area contributed by atoms with Gasteiger partial charge >= 0.3 is 6.09 Å². The predicted octanol–water partition coefficient (Wildman–Crippen LogP) is 4.17. The van der Waals surface area contributed by atoms with Crippen molar-refractivity contribution in [2.24, 2.45) is 5.41 Å². The van der Waals surface area contributed by atoms with Gasteiger partial charge in [0, 0.05) is 68.1 Å². The minimum Gasteiger partial charge on any atom is -0.444 e. The third-order valence-corrected chi connectivity index (χ3v) is 9.33. The van der Waals surface area contributed by atoms with Gasteiger partial charge in [-0.1, -0.05) is 0 Å². The molecule has 0 aromatic carbocycles. The molecule has 0 radical (unpaired) electrons. The molecule has 4 aliphatic rings. The molecule has 1 amide bonds. The van der Waals surface area contributed by atoms with Crippen molar-refractivity contribution in [3.8, 4) is 0 Å². The molecule has 0 N–H and O–H groups in total. The van der Waals surface area contributed by atoms with Crippen LogP contribution in [0.15, 0.2) is 0 Å². The van der Waals surface area contributed by atoms with Crippen molar-refractivity contribution < 1.29 is 19.0 Å². The molecule has 9 heteroatoms. The lowest BCUT2D eigenvalue weighted by atomic mass is 9.61. The summed E-state index contributed by atoms with van der Waals surface area (Å²) in [5.74, 6) is 1.14. The number of rotatable bonds is 4. The lowest BCUT2D eigenvalue weighted by molar-refractivity contribution is -0.0930. The van der Waals surface area contributed by atoms with Crippen LogP contribution in [0.5, 0.6) is 0 Å². The second-order valence-electron chi connectivity index (χ2n) is 13.9. The Kier molecular flexibility index (Phi) is 7.27. The van der Waals surface area contributed by atoms with Crippen molar-refractivity contribution in [3.05, 3.63) is 11.3 Å². The molecule has 1 aliphatic carbocycles. The van der Waals surface area contributed by atoms with Crippen LogP contribution in [0, 0.1) is 19.3 Å². The number of aromatic nitrogens is 2. The zero-order valence-corrected chi connectivity index (χ0v) is 24.9. The fraction of sp³-hybridized carbons (Fsp3) is 0.862. The van der Waals surface area contributed by atoms with E-state index in [1.807, 2.05) is 25.7 Å². The van der Waals surface area contributed by atoms with Gasteiger partial charge in [-0.3, -0.25) is 9.58 Å². The minimum absolute atomic E-state index is 0.0117. The number of likely N-dealkylation sites (tertiary alicyclic amines) is 1. The molecule has 1 spiro atoms. The summed E-state index contributed by atoms with van der Waals surface area (Å²) in [5, 5.41) is 5.24. The Morgan fingerprint density at radius 2 is 1.79 bits per heavy atom. The van der Waals surface area contributed by atoms with E-state index in [9.17, 15) is 4.79 Å². The molecule has 1 aromatic heterocycles. The Morgan fingerprint density at radius 3 is 2.42 bits per heavy atom. The van der Waals surface area contributed by atoms with Crippen molar-refractivity contribution in [1.82, 2.24) is 19.6 Å². The van der Waals surface area contributed by atoms with Gasteiger partial charge in [-0.25, -0.2) is 4.79 Å². The van der Waals surface area contributed by atoms with Crippen molar-refractivity contribution in [2.45, 2.75) is 103 Å². The molecule has 214 valence electrons. The first kappa shape index (κ1) is 27.7. The maximum Gasteiger partial charge on any atom is 0.410 e. The number of carbonyl (C=O) groups is 1. The van der Waals surface area contributed by atoms with Crippen LogP contribution in [0.25, 0.3) is 0 Å². The van der Waals surface area contributed by atoms with E-state index in [0.29, 0.717) is 18.7 Å². The third kappa shape index (κ3) is 5.30. The molecule has 2 unspecified atom stereocenters. The van der Waals surface area contributed by atoms with Gasteiger partial charge in [0.2, 0.25) is 0 Å². The monoisotopic (exact) mass is 531 g/mol. The first-order chi connectivity index (χ1) is 17.8. The van der Waals surface area contributed by atoms with Crippen LogP contribution in [0.1, 0.15) is 77.6 Å². The largest absolute Gasteiger partial charge is 0.444 e. The van der Waals surface area contributed by atoms with E-state index in [1.165, 1.54) is 11.3 Å². The van der Waals surface area contributed by atoms with Crippen LogP contribution in [-0.4, -0.2) is 102 Å². The van der Waals surface area contributed by atoms with Gasteiger partial charge in [0.25, 0.3) is 0 Å². The highest BCUT2D eigenvalue weighted by atomic mass is 16.6. The quantitative estimate of drug-likeness (QED) is 0.578. The standard InChI is InChI=1S/C29H49N5O4/c1-20-21(2)34(23-14-29(15-23)18-32(19-29)26(35)38-27(3,4)5)30-25(20)33-10-9-22(13-28(33,6)7)31-11-12-37-17-24(16-31)36-8/h22-24H,9-19H2,1-8H3. The number of carbonyl (C=O) groups excluding carboxylic acids is 1. The summed E-state index contributed by atoms with van der Waals surface area (Å²) in [7, 11) is 1.79. The number of amides is 1. The maximum atomic E-state index is 12.4. The van der Waals surface area contributed by atoms with Crippen LogP contribution in [0.2, 0.25) is 0 Å². The number of piperidine rings is 1. The summed E-state index contributed by atoms with van der Waals surface area (Å²) >= 11 is 0. The SMILES string of the molecule is COC1COCCN(C2CCN(c3nn(C4CC5(C4)CN(C(=O)OC(C)(C)C)C5)c(C)c3C)C(C)(C)C2)C1. The van der Waals surface area contributed by atoms with E-state index in [2.05, 4.69) is 42.2 Å². The van der Waals surface area contributed by atoms with Crippen molar-refractivity contribution in [1.29, 1.82) is 0 Å². The molecule has 3 saturated heterocycles. The van der Waals surface area contributed by atoms with E-state index in [0.717, 1.165) is 70.8 Å². The number of hydrogen-bond acceptors (Lipinski definition) is 7. The van der Waals surface area contributed by atoms with Gasteiger partial charge in [-0.2, -0.15) is 5.10 Å². The van der Waals surface area contributed by atoms with Crippen LogP contribution in [0.3, 0.4) is 0 Å². The van der Waals surface area contributed by atoms with Gasteiger partial charge < -0.3 is 24.0 Å². The molecule has 0 bridgehead atoms. The highest BCUT2D eigenvalue weighted by molar-refractivity contribution is 5.69. The van der Waals surface area contributed by atoms with Crippen LogP contribution >= 0.6 is 0 Å². The second-order valence-corrected chi connectivity index (χ2v) is 13.9. The van der Waals surface area contributed by atoms with E-state index in [-0.39, 0.29) is 23.2 Å². The molecule has 3 aliphatic heterocycles. The molecule has 5 rings (SSSR count). The molecule has 2 atom stereocenters. The van der Waals surface area contributed by atoms with Crippen LogP contribution in [-0.2, 0) is 14.2 Å². The van der Waals surface area contributed by atoms with Gasteiger partial charge in [0.1, 0.15) is 5.60 Å². The topological polar surface area (TPSA) is 72.3 Å². The van der Waals surface area contributed by atoms with E-state index < -0.39 is 5.60 Å². The van der Waals surface area contributed by atoms with E-state index in [4.69, 9.17) is 19.3 Å². The van der Waals surface area contributed by atoms with Gasteiger partial charge in [0.15, 0.2) is 5.82 Å². The number of ether oxygens (including phenoxy) is 3. The van der Waals surface area contributed by atoms with Crippen LogP contribution < -0.4 is 4.90 Å². The van der Waals surface area contributed by atoms with E-state index >= 15 is 0 Å². The normalized spacial score (nSPS) is 28.1. The fourth-order valence-electron chi connectivity index (χ4n) is 7.14. The Labute approximate surface area is 228 Å². The highest BCUT2D eigenvalue weighted by Crippen LogP contribution is 2.55. The van der Waals surface area contributed by atoms with Crippen molar-refractivity contribution >= 4 is 11.9 Å². The lowest BCUT2D eigenvalue weighted by Crippen LogP contribution is -2.64. The zero-order chi connectivity index (χ0) is 27.5. The molecule has 38 heavy (non-hydrogen) atoms. The first-order valence-electron chi connectivity index (χ1n) is 14.5. The van der Waals surface area contributed by atoms with Gasteiger partial charge in [0.05, 0.1) is 25.4 Å². The molecular weight excluding hydrogens is 482 g/mol. The average Bonchev–Trinajstić information content (AvgIpc) is 2.94. The summed E-state index contributed by atoms with van der Waals surface area (Å²) in [6.45, 7) is 20.9. The Hall–Kier alpha value is -1.84. The zero-order valence-electron chi connectivity index (χ0n) is 24.9. The number of nitrogens with zero attached hydrogens (tertiary/aromatic N) is 5. The summed E-state index contributed by atoms with van der Waals surface area (Å²) in [4.78, 5) is 19.4. The Bertz CT molecular complexity index is 1020. The maximum absolute atomic E-state index is 12.4. The number of methoxy groups -OCH3 is 1. The summed E-state index contributed by atoms with van der Waals surface area (Å²) < 4.78 is 19.3. The minimum atomic E-state index is -0.446. The van der Waals surface area contributed by atoms with Gasteiger partial charge in [-0.15, -0.1) is 0 Å². The highest BCUT2D eigenvalue weighted by Gasteiger charge is 2.55. The summed E-state index contributed by atoms with van der Waals surface area (Å²) in [6, 6.07) is 0.939. The second kappa shape index (κ2) is 9.97. The molecule has 4 fully saturated rings. The van der Waals surface area contributed by atoms with Crippen molar-refractivity contribution in [2.75, 3.05) is 57.9 Å². The molecule has 4 heterocycles. The predicted molar refractivity (Wildman–Crippen MR) is 148 cm³/mol. The molecule has 1 aromatic rings. The number of hydrogen-bond donors (Lipinski definition) is 0. The molecule has 1 saturated carbocycles. The average molecular weight is 532 g/mol. The lowest BCUT2D eigenvalue weighted by Gasteiger charge is -2.58. The van der Waals surface area contributed by atoms with E-state index in [1.54, 1.807) is 7.11 Å². The summed E-state index contributed by atoms with van der Waals surface area (Å²) in [6.07, 6.45) is 4.35. The third-order valence-electron chi connectivity index (χ3n) is 9.33. The van der Waals surface area contributed by atoms with Crippen LogP contribution in [0.4, 0.5) is 10.6 Å². The number of anilines is 1. The summed E-state index contributed by atoms with van der Waals surface area (Å²) in [5.41, 5.74) is 2.37. The van der Waals surface area contributed by atoms with Crippen molar-refractivity contribution in [3.63, 3.8) is 0 Å². The molecule has 9 nitrogen and oxygen atoms in total. The Balaban J connectivity index is 1.21. The van der Waals surface area contributed by atoms with Gasteiger partial charge in [-0.05, 0) is 74.1 Å². The Morgan fingerprint density at radius 1 is 1.08 bits per heavy atom. The smallest absolute Gasteiger partial charge is 0.410 e. The fourth-order valence-corrected chi connectivity index (χ4v) is 7.14.